The summed E-state index contributed by atoms with van der Waals surface area (Å²) in [6.45, 7) is 2.50. The monoisotopic (exact) mass is 212 g/mol. The summed E-state index contributed by atoms with van der Waals surface area (Å²) < 4.78 is 0. The first-order valence-electron chi connectivity index (χ1n) is 6.68. The number of hydrogen-bond donors (Lipinski definition) is 1. The van der Waals surface area contributed by atoms with Crippen molar-refractivity contribution < 1.29 is 0 Å². The highest BCUT2D eigenvalue weighted by Crippen LogP contribution is 2.20. The maximum absolute atomic E-state index is 3.28. The molecule has 0 aromatic heterocycles. The van der Waals surface area contributed by atoms with Crippen LogP contribution in [0.2, 0.25) is 0 Å². The van der Waals surface area contributed by atoms with Gasteiger partial charge in [-0.2, -0.15) is 0 Å². The molecule has 0 spiro atoms. The number of rotatable bonds is 1. The zero-order valence-electron chi connectivity index (χ0n) is 10.6. The number of piperidine rings is 1. The highest BCUT2D eigenvalue weighted by Gasteiger charge is 2.13. The molecule has 0 unspecified atom stereocenters. The maximum Gasteiger partial charge on any atom is 0.00891 e. The minimum absolute atomic E-state index is 0.888. The average Bonchev–Trinajstić information content (AvgIpc) is 2.33. The highest BCUT2D eigenvalue weighted by molar-refractivity contribution is 4.70. The van der Waals surface area contributed by atoms with E-state index >= 15 is 0 Å². The summed E-state index contributed by atoms with van der Waals surface area (Å²) in [4.78, 5) is 2.36. The molecular formula is C13H28N2. The predicted molar refractivity (Wildman–Crippen MR) is 67.3 cm³/mol. The van der Waals surface area contributed by atoms with Crippen LogP contribution in [0, 0.1) is 0 Å². The summed E-state index contributed by atoms with van der Waals surface area (Å²) in [5, 5.41) is 3.28. The minimum Gasteiger partial charge on any atom is -0.317 e. The lowest BCUT2D eigenvalue weighted by Crippen LogP contribution is -2.29. The molecule has 1 saturated carbocycles. The molecule has 2 nitrogen and oxygen atoms in total. The Balaban J connectivity index is 0.000000162. The second kappa shape index (κ2) is 8.12. The number of hydrogen-bond acceptors (Lipinski definition) is 2. The van der Waals surface area contributed by atoms with Gasteiger partial charge in [0.15, 0.2) is 0 Å². The molecule has 0 atom stereocenters. The third-order valence-electron chi connectivity index (χ3n) is 3.51. The first kappa shape index (κ1) is 13.0. The van der Waals surface area contributed by atoms with Gasteiger partial charge >= 0.3 is 0 Å². The molecule has 1 heterocycles. The van der Waals surface area contributed by atoms with E-state index in [-0.39, 0.29) is 0 Å². The SMILES string of the molecule is C1CCNCC1.CN(C)C1CCCCC1. The molecule has 0 bridgehead atoms. The van der Waals surface area contributed by atoms with Crippen LogP contribution < -0.4 is 5.32 Å². The van der Waals surface area contributed by atoms with Crippen LogP contribution >= 0.6 is 0 Å². The lowest BCUT2D eigenvalue weighted by molar-refractivity contribution is 0.229. The predicted octanol–water partition coefficient (Wildman–Crippen LogP) is 2.64. The van der Waals surface area contributed by atoms with E-state index in [1.807, 2.05) is 0 Å². The van der Waals surface area contributed by atoms with Crippen molar-refractivity contribution in [3.8, 4) is 0 Å². The Hall–Kier alpha value is -0.0800. The van der Waals surface area contributed by atoms with Gasteiger partial charge in [-0.15, -0.1) is 0 Å². The first-order chi connectivity index (χ1) is 7.30. The van der Waals surface area contributed by atoms with Crippen molar-refractivity contribution in [2.24, 2.45) is 0 Å². The average molecular weight is 212 g/mol. The molecule has 1 saturated heterocycles. The Kier molecular flexibility index (Phi) is 7.03. The van der Waals surface area contributed by atoms with E-state index in [0.29, 0.717) is 0 Å². The van der Waals surface area contributed by atoms with Gasteiger partial charge in [-0.1, -0.05) is 25.7 Å². The maximum atomic E-state index is 3.28. The van der Waals surface area contributed by atoms with Crippen LogP contribution in [0.15, 0.2) is 0 Å². The lowest BCUT2D eigenvalue weighted by Gasteiger charge is -2.27. The first-order valence-corrected chi connectivity index (χ1v) is 6.68. The zero-order chi connectivity index (χ0) is 10.9. The Morgan fingerprint density at radius 2 is 1.33 bits per heavy atom. The molecule has 0 radical (unpaired) electrons. The highest BCUT2D eigenvalue weighted by atomic mass is 15.1. The Morgan fingerprint density at radius 3 is 1.60 bits per heavy atom. The van der Waals surface area contributed by atoms with Gasteiger partial charge in [0.1, 0.15) is 0 Å². The van der Waals surface area contributed by atoms with Crippen LogP contribution in [0.4, 0.5) is 0 Å². The van der Waals surface area contributed by atoms with Crippen LogP contribution in [-0.4, -0.2) is 38.1 Å². The second-order valence-corrected chi connectivity index (χ2v) is 5.07. The Morgan fingerprint density at radius 1 is 0.800 bits per heavy atom. The van der Waals surface area contributed by atoms with Gasteiger partial charge in [-0.25, -0.2) is 0 Å². The molecular weight excluding hydrogens is 184 g/mol. The fraction of sp³-hybridized carbons (Fsp3) is 1.00. The van der Waals surface area contributed by atoms with E-state index in [1.54, 1.807) is 0 Å². The standard InChI is InChI=1S/C8H17N.C5H11N/c1-9(2)8-6-4-3-5-7-8;1-2-4-6-5-3-1/h8H,3-7H2,1-2H3;6H,1-5H2. The molecule has 2 heteroatoms. The molecule has 90 valence electrons. The van der Waals surface area contributed by atoms with Crippen molar-refractivity contribution in [3.63, 3.8) is 0 Å². The summed E-state index contributed by atoms with van der Waals surface area (Å²) in [5.41, 5.74) is 0. The van der Waals surface area contributed by atoms with Crippen molar-refractivity contribution in [1.29, 1.82) is 0 Å². The number of nitrogens with one attached hydrogen (secondary N) is 1. The molecule has 0 aromatic rings. The summed E-state index contributed by atoms with van der Waals surface area (Å²) in [5.74, 6) is 0. The van der Waals surface area contributed by atoms with Gasteiger partial charge in [-0.3, -0.25) is 0 Å². The van der Waals surface area contributed by atoms with Crippen molar-refractivity contribution in [2.75, 3.05) is 27.2 Å². The fourth-order valence-corrected chi connectivity index (χ4v) is 2.40. The van der Waals surface area contributed by atoms with Gasteiger partial charge in [0, 0.05) is 6.04 Å². The van der Waals surface area contributed by atoms with E-state index in [9.17, 15) is 0 Å². The summed E-state index contributed by atoms with van der Waals surface area (Å²) in [6, 6.07) is 0.888. The normalized spacial score (nSPS) is 23.4. The molecule has 2 fully saturated rings. The molecule has 0 aromatic carbocycles. The van der Waals surface area contributed by atoms with Crippen LogP contribution in [-0.2, 0) is 0 Å². The Bertz CT molecular complexity index is 124. The van der Waals surface area contributed by atoms with E-state index in [0.717, 1.165) is 6.04 Å². The Labute approximate surface area is 95.4 Å². The van der Waals surface area contributed by atoms with Gasteiger partial charge in [0.25, 0.3) is 0 Å². The molecule has 0 amide bonds. The van der Waals surface area contributed by atoms with Crippen LogP contribution in [0.1, 0.15) is 51.4 Å². The third kappa shape index (κ3) is 6.16. The molecule has 1 aliphatic heterocycles. The quantitative estimate of drug-likeness (QED) is 0.719. The van der Waals surface area contributed by atoms with Crippen molar-refractivity contribution in [2.45, 2.75) is 57.4 Å². The van der Waals surface area contributed by atoms with Gasteiger partial charge in [0.2, 0.25) is 0 Å². The van der Waals surface area contributed by atoms with Crippen molar-refractivity contribution in [3.05, 3.63) is 0 Å². The zero-order valence-corrected chi connectivity index (χ0v) is 10.6. The van der Waals surface area contributed by atoms with Gasteiger partial charge < -0.3 is 10.2 Å². The number of nitrogens with zero attached hydrogens (tertiary/aromatic N) is 1. The van der Waals surface area contributed by atoms with E-state index < -0.39 is 0 Å². The van der Waals surface area contributed by atoms with E-state index in [2.05, 4.69) is 24.3 Å². The molecule has 1 aliphatic carbocycles. The molecule has 2 rings (SSSR count). The molecule has 2 aliphatic rings. The topological polar surface area (TPSA) is 15.3 Å². The fourth-order valence-electron chi connectivity index (χ4n) is 2.40. The smallest absolute Gasteiger partial charge is 0.00891 e. The van der Waals surface area contributed by atoms with E-state index in [1.165, 1.54) is 64.5 Å². The van der Waals surface area contributed by atoms with Crippen molar-refractivity contribution >= 4 is 0 Å². The van der Waals surface area contributed by atoms with Crippen LogP contribution in [0.25, 0.3) is 0 Å². The lowest BCUT2D eigenvalue weighted by atomic mass is 9.95. The van der Waals surface area contributed by atoms with Crippen LogP contribution in [0.3, 0.4) is 0 Å². The van der Waals surface area contributed by atoms with Crippen molar-refractivity contribution in [1.82, 2.24) is 10.2 Å². The summed E-state index contributed by atoms with van der Waals surface area (Å²) in [6.07, 6.45) is 11.4. The summed E-state index contributed by atoms with van der Waals surface area (Å²) >= 11 is 0. The summed E-state index contributed by atoms with van der Waals surface area (Å²) in [7, 11) is 4.38. The largest absolute Gasteiger partial charge is 0.317 e. The second-order valence-electron chi connectivity index (χ2n) is 5.07. The molecule has 15 heavy (non-hydrogen) atoms. The van der Waals surface area contributed by atoms with Crippen LogP contribution in [0.5, 0.6) is 0 Å². The molecule has 1 N–H and O–H groups in total. The third-order valence-corrected chi connectivity index (χ3v) is 3.51. The van der Waals surface area contributed by atoms with Gasteiger partial charge in [0.05, 0.1) is 0 Å². The minimum atomic E-state index is 0.888. The van der Waals surface area contributed by atoms with Gasteiger partial charge in [-0.05, 0) is 52.9 Å². The van der Waals surface area contributed by atoms with E-state index in [4.69, 9.17) is 0 Å².